The first kappa shape index (κ1) is 32.7. The fourth-order valence-electron chi connectivity index (χ4n) is 5.32. The fourth-order valence-corrected chi connectivity index (χ4v) is 5.58. The second kappa shape index (κ2) is 16.1. The summed E-state index contributed by atoms with van der Waals surface area (Å²) in [6.07, 6.45) is 0.653. The fraction of sp³-hybridized carbons (Fsp3) is 0.257. The first-order valence-electron chi connectivity index (χ1n) is 15.0. The van der Waals surface area contributed by atoms with Crippen molar-refractivity contribution in [2.24, 2.45) is 10.1 Å². The van der Waals surface area contributed by atoms with E-state index in [2.05, 4.69) is 36.8 Å². The first-order valence-corrected chi connectivity index (χ1v) is 15.8. The van der Waals surface area contributed by atoms with Crippen LogP contribution in [0, 0.1) is 0 Å². The van der Waals surface area contributed by atoms with Crippen LogP contribution in [-0.4, -0.2) is 42.2 Å². The maximum Gasteiger partial charge on any atom is 0.266 e. The monoisotopic (exact) mass is 682 g/mol. The number of aliphatic hydroxyl groups excluding tert-OH is 1. The molecule has 4 aromatic carbocycles. The zero-order chi connectivity index (χ0) is 32.2. The van der Waals surface area contributed by atoms with Crippen LogP contribution in [0.15, 0.2) is 118 Å². The highest BCUT2D eigenvalue weighted by atomic mass is 79.9. The molecule has 236 valence electrons. The number of hydrogen-bond donors (Lipinski definition) is 3. The summed E-state index contributed by atoms with van der Waals surface area (Å²) in [5.74, 6) is 0.608. The van der Waals surface area contributed by atoms with Gasteiger partial charge >= 0.3 is 0 Å². The molecule has 0 radical (unpaired) electrons. The standard InChI is InChI=1S/C35H35BrN6O4/c36-29-15-11-25(12-16-29)19-20-38-41-34(44)35(23-26-7-2-1-3-8-26)32(31-10-5-4-9-28(31)24-39-42-37)46-33(40-35)27-13-17-30(18-14-27)45-22-6-21-43/h1-5,7-18,32,38,43H,6,19-24H2,(H,41,44)/t32-,35-/m0/s1. The van der Waals surface area contributed by atoms with Gasteiger partial charge < -0.3 is 14.6 Å². The van der Waals surface area contributed by atoms with Crippen LogP contribution in [0.1, 0.15) is 40.3 Å². The van der Waals surface area contributed by atoms with Crippen molar-refractivity contribution in [2.75, 3.05) is 19.8 Å². The van der Waals surface area contributed by atoms with Crippen molar-refractivity contribution in [3.63, 3.8) is 0 Å². The molecule has 0 fully saturated rings. The maximum atomic E-state index is 14.4. The van der Waals surface area contributed by atoms with Crippen LogP contribution in [0.25, 0.3) is 10.4 Å². The van der Waals surface area contributed by atoms with Crippen LogP contribution in [0.4, 0.5) is 0 Å². The molecule has 0 saturated carbocycles. The average Bonchev–Trinajstić information content (AvgIpc) is 3.47. The topological polar surface area (TPSA) is 141 Å². The molecule has 0 unspecified atom stereocenters. The highest BCUT2D eigenvalue weighted by Gasteiger charge is 2.53. The van der Waals surface area contributed by atoms with E-state index in [1.54, 1.807) is 0 Å². The Morgan fingerprint density at radius 2 is 1.74 bits per heavy atom. The molecule has 5 rings (SSSR count). The largest absolute Gasteiger partial charge is 0.494 e. The SMILES string of the molecule is [N-]=[N+]=NCc1ccccc1[C@@H]1OC(c2ccc(OCCCO)cc2)=N[C@]1(Cc1ccccc1)C(=O)NNCCc1ccc(Br)cc1. The minimum Gasteiger partial charge on any atom is -0.494 e. The van der Waals surface area contributed by atoms with E-state index in [0.717, 1.165) is 21.2 Å². The lowest BCUT2D eigenvalue weighted by atomic mass is 9.81. The van der Waals surface area contributed by atoms with Gasteiger partial charge in [0, 0.05) is 40.9 Å². The molecule has 2 atom stereocenters. The Morgan fingerprint density at radius 1 is 1.00 bits per heavy atom. The zero-order valence-electron chi connectivity index (χ0n) is 25.2. The van der Waals surface area contributed by atoms with E-state index in [4.69, 9.17) is 25.1 Å². The molecule has 3 N–H and O–H groups in total. The Labute approximate surface area is 276 Å². The van der Waals surface area contributed by atoms with Gasteiger partial charge in [0.05, 0.1) is 13.2 Å². The number of aliphatic imine (C=N–C) groups is 1. The third kappa shape index (κ3) is 8.13. The minimum absolute atomic E-state index is 0.0515. The Bertz CT molecular complexity index is 1680. The normalized spacial score (nSPS) is 17.0. The van der Waals surface area contributed by atoms with Crippen molar-refractivity contribution in [2.45, 2.75) is 37.5 Å². The van der Waals surface area contributed by atoms with Gasteiger partial charge in [-0.1, -0.05) is 87.8 Å². The molecule has 0 aromatic heterocycles. The predicted octanol–water partition coefficient (Wildman–Crippen LogP) is 6.38. The smallest absolute Gasteiger partial charge is 0.266 e. The van der Waals surface area contributed by atoms with E-state index in [1.807, 2.05) is 103 Å². The van der Waals surface area contributed by atoms with Crippen molar-refractivity contribution in [1.82, 2.24) is 10.9 Å². The predicted molar refractivity (Wildman–Crippen MR) is 180 cm³/mol. The van der Waals surface area contributed by atoms with Crippen molar-refractivity contribution < 1.29 is 19.4 Å². The van der Waals surface area contributed by atoms with Gasteiger partial charge in [-0.2, -0.15) is 0 Å². The number of aliphatic hydroxyl groups is 1. The highest BCUT2D eigenvalue weighted by Crippen LogP contribution is 2.43. The number of hydrogen-bond acceptors (Lipinski definition) is 7. The summed E-state index contributed by atoms with van der Waals surface area (Å²) in [4.78, 5) is 22.5. The average molecular weight is 684 g/mol. The van der Waals surface area contributed by atoms with E-state index in [1.165, 1.54) is 0 Å². The number of nitrogens with zero attached hydrogens (tertiary/aromatic N) is 4. The Balaban J connectivity index is 1.50. The van der Waals surface area contributed by atoms with E-state index in [-0.39, 0.29) is 25.5 Å². The van der Waals surface area contributed by atoms with Crippen molar-refractivity contribution in [3.8, 4) is 5.75 Å². The van der Waals surface area contributed by atoms with Crippen molar-refractivity contribution in [3.05, 3.63) is 146 Å². The minimum atomic E-state index is -1.41. The molecular weight excluding hydrogens is 648 g/mol. The molecular formula is C35H35BrN6O4. The maximum absolute atomic E-state index is 14.4. The quantitative estimate of drug-likeness (QED) is 0.0439. The van der Waals surface area contributed by atoms with Gasteiger partial charge in [0.1, 0.15) is 5.75 Å². The Morgan fingerprint density at radius 3 is 2.48 bits per heavy atom. The number of hydrazine groups is 1. The van der Waals surface area contributed by atoms with E-state index in [9.17, 15) is 4.79 Å². The van der Waals surface area contributed by atoms with Gasteiger partial charge in [-0.25, -0.2) is 10.4 Å². The molecule has 0 aliphatic carbocycles. The van der Waals surface area contributed by atoms with Gasteiger partial charge in [0.2, 0.25) is 5.90 Å². The molecule has 4 aromatic rings. The Kier molecular flexibility index (Phi) is 11.4. The lowest BCUT2D eigenvalue weighted by Crippen LogP contribution is -2.54. The number of carbonyl (C=O) groups excluding carboxylic acids is 1. The molecule has 0 saturated heterocycles. The number of halogens is 1. The molecule has 1 aliphatic heterocycles. The molecule has 11 heteroatoms. The van der Waals surface area contributed by atoms with Crippen LogP contribution in [0.5, 0.6) is 5.75 Å². The van der Waals surface area contributed by atoms with Gasteiger partial charge in [-0.05, 0) is 70.6 Å². The van der Waals surface area contributed by atoms with Gasteiger partial charge in [-0.3, -0.25) is 10.2 Å². The van der Waals surface area contributed by atoms with Gasteiger partial charge in [0.15, 0.2) is 11.6 Å². The summed E-state index contributed by atoms with van der Waals surface area (Å²) in [7, 11) is 0. The number of amides is 1. The third-order valence-corrected chi connectivity index (χ3v) is 8.17. The zero-order valence-corrected chi connectivity index (χ0v) is 26.8. The lowest BCUT2D eigenvalue weighted by Gasteiger charge is -2.31. The molecule has 0 spiro atoms. The molecule has 1 amide bonds. The van der Waals surface area contributed by atoms with Gasteiger partial charge in [0.25, 0.3) is 5.91 Å². The number of azide groups is 1. The molecule has 0 bridgehead atoms. The summed E-state index contributed by atoms with van der Waals surface area (Å²) in [6, 6.07) is 32.5. The van der Waals surface area contributed by atoms with Crippen LogP contribution in [0.2, 0.25) is 0 Å². The molecule has 1 heterocycles. The van der Waals surface area contributed by atoms with E-state index >= 15 is 0 Å². The van der Waals surface area contributed by atoms with Crippen molar-refractivity contribution in [1.29, 1.82) is 0 Å². The van der Waals surface area contributed by atoms with Crippen LogP contribution in [0.3, 0.4) is 0 Å². The summed E-state index contributed by atoms with van der Waals surface area (Å²) in [5.41, 5.74) is 17.9. The van der Waals surface area contributed by atoms with Gasteiger partial charge in [-0.15, -0.1) is 0 Å². The van der Waals surface area contributed by atoms with E-state index in [0.29, 0.717) is 48.8 Å². The number of ether oxygens (including phenoxy) is 2. The van der Waals surface area contributed by atoms with Crippen molar-refractivity contribution >= 4 is 27.7 Å². The summed E-state index contributed by atoms with van der Waals surface area (Å²) in [6.45, 7) is 1.04. The summed E-state index contributed by atoms with van der Waals surface area (Å²) in [5, 5.41) is 12.9. The summed E-state index contributed by atoms with van der Waals surface area (Å²) >= 11 is 3.46. The lowest BCUT2D eigenvalue weighted by molar-refractivity contribution is -0.130. The molecule has 10 nitrogen and oxygen atoms in total. The van der Waals surface area contributed by atoms with Crippen LogP contribution < -0.4 is 15.6 Å². The number of nitrogens with one attached hydrogen (secondary N) is 2. The van der Waals surface area contributed by atoms with Crippen LogP contribution >= 0.6 is 15.9 Å². The summed E-state index contributed by atoms with van der Waals surface area (Å²) < 4.78 is 13.3. The third-order valence-electron chi connectivity index (χ3n) is 7.64. The number of rotatable bonds is 15. The number of benzene rings is 4. The second-order valence-electron chi connectivity index (χ2n) is 10.8. The highest BCUT2D eigenvalue weighted by molar-refractivity contribution is 9.10. The molecule has 46 heavy (non-hydrogen) atoms. The number of carbonyl (C=O) groups is 1. The van der Waals surface area contributed by atoms with Crippen LogP contribution in [-0.2, 0) is 28.9 Å². The molecule has 1 aliphatic rings. The Hall–Kier alpha value is -4.67. The van der Waals surface area contributed by atoms with E-state index < -0.39 is 11.6 Å². The second-order valence-corrected chi connectivity index (χ2v) is 11.7. The first-order chi connectivity index (χ1) is 22.5.